The number of aromatic nitrogens is 4. The summed E-state index contributed by atoms with van der Waals surface area (Å²) in [6, 6.07) is 9.90. The molecule has 3 aromatic rings. The lowest BCUT2D eigenvalue weighted by Gasteiger charge is -2.19. The van der Waals surface area contributed by atoms with E-state index < -0.39 is 0 Å². The van der Waals surface area contributed by atoms with Gasteiger partial charge in [-0.3, -0.25) is 0 Å². The molecule has 0 spiro atoms. The molecule has 0 aliphatic heterocycles. The Hall–Kier alpha value is -2.47. The van der Waals surface area contributed by atoms with E-state index in [-0.39, 0.29) is 5.54 Å². The largest absolute Gasteiger partial charge is 0.368 e. The highest BCUT2D eigenvalue weighted by molar-refractivity contribution is 5.87. The number of benzene rings is 1. The van der Waals surface area contributed by atoms with Crippen molar-refractivity contribution in [2.75, 3.05) is 11.9 Å². The van der Waals surface area contributed by atoms with Gasteiger partial charge < -0.3 is 11.1 Å². The number of fused-ring (bicyclic) bond motifs is 1. The average molecular weight is 282 g/mol. The molecule has 0 aliphatic rings. The molecule has 1 aromatic carbocycles. The normalized spacial score (nSPS) is 11.8. The topological polar surface area (TPSA) is 81.7 Å². The van der Waals surface area contributed by atoms with E-state index in [2.05, 4.69) is 20.4 Å². The fraction of sp³-hybridized carbons (Fsp3) is 0.267. The molecular weight excluding hydrogens is 264 g/mol. The van der Waals surface area contributed by atoms with Crippen molar-refractivity contribution in [3.63, 3.8) is 0 Å². The van der Waals surface area contributed by atoms with Gasteiger partial charge in [0, 0.05) is 12.1 Å². The zero-order valence-corrected chi connectivity index (χ0v) is 12.1. The van der Waals surface area contributed by atoms with Crippen molar-refractivity contribution in [1.82, 2.24) is 19.7 Å². The number of nitrogens with two attached hydrogens (primary N) is 1. The quantitative estimate of drug-likeness (QED) is 0.764. The molecule has 0 unspecified atom stereocenters. The van der Waals surface area contributed by atoms with Gasteiger partial charge in [-0.15, -0.1) is 0 Å². The molecule has 0 atom stereocenters. The van der Waals surface area contributed by atoms with Crippen molar-refractivity contribution in [3.05, 3.63) is 42.9 Å². The molecule has 0 amide bonds. The monoisotopic (exact) mass is 282 g/mol. The van der Waals surface area contributed by atoms with Crippen LogP contribution in [0.25, 0.3) is 16.7 Å². The van der Waals surface area contributed by atoms with Gasteiger partial charge in [-0.25, -0.2) is 14.6 Å². The molecule has 3 N–H and O–H groups in total. The summed E-state index contributed by atoms with van der Waals surface area (Å²) in [4.78, 5) is 8.63. The minimum absolute atomic E-state index is 0.313. The van der Waals surface area contributed by atoms with Gasteiger partial charge in [-0.05, 0) is 26.0 Å². The van der Waals surface area contributed by atoms with Crippen molar-refractivity contribution in [2.45, 2.75) is 19.4 Å². The molecule has 6 nitrogen and oxygen atoms in total. The fourth-order valence-corrected chi connectivity index (χ4v) is 2.05. The minimum Gasteiger partial charge on any atom is -0.368 e. The second-order valence-corrected chi connectivity index (χ2v) is 5.69. The number of hydrogen-bond acceptors (Lipinski definition) is 5. The molecule has 3 rings (SSSR count). The van der Waals surface area contributed by atoms with Crippen molar-refractivity contribution in [1.29, 1.82) is 0 Å². The molecule has 21 heavy (non-hydrogen) atoms. The number of nitrogens with zero attached hydrogens (tertiary/aromatic N) is 4. The van der Waals surface area contributed by atoms with Crippen LogP contribution in [0.2, 0.25) is 0 Å². The van der Waals surface area contributed by atoms with Crippen LogP contribution in [-0.4, -0.2) is 31.8 Å². The molecule has 2 heterocycles. The Labute approximate surface area is 123 Å². The zero-order valence-electron chi connectivity index (χ0n) is 12.1. The van der Waals surface area contributed by atoms with Crippen molar-refractivity contribution >= 4 is 16.9 Å². The average Bonchev–Trinajstić information content (AvgIpc) is 2.89. The fourth-order valence-electron chi connectivity index (χ4n) is 2.05. The maximum atomic E-state index is 6.00. The van der Waals surface area contributed by atoms with Gasteiger partial charge >= 0.3 is 0 Å². The third-order valence-corrected chi connectivity index (χ3v) is 3.08. The molecule has 0 bridgehead atoms. The Morgan fingerprint density at radius 2 is 1.95 bits per heavy atom. The molecule has 0 saturated carbocycles. The number of rotatable bonds is 4. The molecule has 0 aliphatic carbocycles. The van der Waals surface area contributed by atoms with Crippen LogP contribution in [-0.2, 0) is 0 Å². The van der Waals surface area contributed by atoms with Crippen LogP contribution in [0.3, 0.4) is 0 Å². The highest BCUT2D eigenvalue weighted by Gasteiger charge is 2.14. The van der Waals surface area contributed by atoms with Gasteiger partial charge in [-0.1, -0.05) is 18.2 Å². The first-order valence-electron chi connectivity index (χ1n) is 6.81. The summed E-state index contributed by atoms with van der Waals surface area (Å²) in [5, 5.41) is 8.56. The van der Waals surface area contributed by atoms with Crippen molar-refractivity contribution in [2.24, 2.45) is 5.73 Å². The first-order chi connectivity index (χ1) is 10.0. The summed E-state index contributed by atoms with van der Waals surface area (Å²) in [7, 11) is 0. The van der Waals surface area contributed by atoms with Crippen LogP contribution >= 0.6 is 0 Å². The lowest BCUT2D eigenvalue weighted by Crippen LogP contribution is -2.39. The first kappa shape index (κ1) is 13.5. The summed E-state index contributed by atoms with van der Waals surface area (Å²) in [6.07, 6.45) is 3.31. The number of nitrogens with one attached hydrogen (secondary N) is 1. The summed E-state index contributed by atoms with van der Waals surface area (Å²) < 4.78 is 1.80. The van der Waals surface area contributed by atoms with Crippen LogP contribution in [0.1, 0.15) is 13.8 Å². The van der Waals surface area contributed by atoms with E-state index in [0.29, 0.717) is 6.54 Å². The number of hydrogen-bond donors (Lipinski definition) is 2. The molecular formula is C15H18N6. The highest BCUT2D eigenvalue weighted by Crippen LogP contribution is 2.21. The van der Waals surface area contributed by atoms with E-state index in [4.69, 9.17) is 5.73 Å². The number of para-hydroxylation sites is 1. The van der Waals surface area contributed by atoms with Crippen LogP contribution in [0.15, 0.2) is 42.9 Å². The molecule has 108 valence electrons. The third-order valence-electron chi connectivity index (χ3n) is 3.08. The van der Waals surface area contributed by atoms with Gasteiger partial charge in [0.05, 0.1) is 17.3 Å². The van der Waals surface area contributed by atoms with E-state index in [1.165, 1.54) is 6.33 Å². The van der Waals surface area contributed by atoms with Gasteiger partial charge in [0.1, 0.15) is 12.1 Å². The smallest absolute Gasteiger partial charge is 0.168 e. The Kier molecular flexibility index (Phi) is 3.31. The van der Waals surface area contributed by atoms with Crippen LogP contribution in [0.5, 0.6) is 0 Å². The summed E-state index contributed by atoms with van der Waals surface area (Å²) in [6.45, 7) is 4.55. The predicted octanol–water partition coefficient (Wildman–Crippen LogP) is 1.96. The van der Waals surface area contributed by atoms with Gasteiger partial charge in [0.25, 0.3) is 0 Å². The summed E-state index contributed by atoms with van der Waals surface area (Å²) in [5.74, 6) is 0.751. The van der Waals surface area contributed by atoms with E-state index in [1.807, 2.05) is 44.2 Å². The molecule has 0 saturated heterocycles. The third kappa shape index (κ3) is 2.85. The summed E-state index contributed by atoms with van der Waals surface area (Å²) in [5.41, 5.74) is 7.42. The van der Waals surface area contributed by atoms with Crippen molar-refractivity contribution in [3.8, 4) is 5.69 Å². The summed E-state index contributed by atoms with van der Waals surface area (Å²) >= 11 is 0. The molecule has 0 radical (unpaired) electrons. The SMILES string of the molecule is CC(C)(N)CNc1ncnc2c1cnn2-c1ccccc1. The second kappa shape index (κ2) is 5.14. The van der Waals surface area contributed by atoms with Crippen molar-refractivity contribution < 1.29 is 0 Å². The van der Waals surface area contributed by atoms with E-state index >= 15 is 0 Å². The Balaban J connectivity index is 2.01. The molecule has 0 fully saturated rings. The van der Waals surface area contributed by atoms with Crippen LogP contribution in [0.4, 0.5) is 5.82 Å². The Bertz CT molecular complexity index is 742. The first-order valence-corrected chi connectivity index (χ1v) is 6.81. The highest BCUT2D eigenvalue weighted by atomic mass is 15.3. The number of anilines is 1. The lowest BCUT2D eigenvalue weighted by atomic mass is 10.1. The van der Waals surface area contributed by atoms with Gasteiger partial charge in [-0.2, -0.15) is 5.10 Å². The van der Waals surface area contributed by atoms with Crippen LogP contribution < -0.4 is 11.1 Å². The maximum absolute atomic E-state index is 6.00. The standard InChI is InChI=1S/C15H18N6/c1-15(2,16)9-17-13-12-8-20-21(14(12)19-10-18-13)11-6-4-3-5-7-11/h3-8,10H,9,16H2,1-2H3,(H,17,18,19). The van der Waals surface area contributed by atoms with Gasteiger partial charge in [0.2, 0.25) is 0 Å². The molecule has 6 heteroatoms. The van der Waals surface area contributed by atoms with Gasteiger partial charge in [0.15, 0.2) is 5.65 Å². The Morgan fingerprint density at radius 1 is 1.19 bits per heavy atom. The maximum Gasteiger partial charge on any atom is 0.168 e. The second-order valence-electron chi connectivity index (χ2n) is 5.69. The Morgan fingerprint density at radius 3 is 2.67 bits per heavy atom. The van der Waals surface area contributed by atoms with E-state index in [0.717, 1.165) is 22.5 Å². The van der Waals surface area contributed by atoms with E-state index in [1.54, 1.807) is 10.9 Å². The lowest BCUT2D eigenvalue weighted by molar-refractivity contribution is 0.549. The van der Waals surface area contributed by atoms with Crippen LogP contribution in [0, 0.1) is 0 Å². The molecule has 2 aromatic heterocycles. The predicted molar refractivity (Wildman–Crippen MR) is 83.4 cm³/mol. The zero-order chi connectivity index (χ0) is 14.9. The minimum atomic E-state index is -0.313. The van der Waals surface area contributed by atoms with E-state index in [9.17, 15) is 0 Å².